The Kier molecular flexibility index (Phi) is 6.12. The standard InChI is InChI=1S/C16H26FN3O/c1-6-7-18-14-13(8-12(17)9-19-14)15(21)20-10-16(4,5)11(2)3/h8-9,11H,6-7,10H2,1-5H3,(H,18,19)(H,20,21). The van der Waals surface area contributed by atoms with Gasteiger partial charge in [0.25, 0.3) is 5.91 Å². The first-order valence-electron chi connectivity index (χ1n) is 7.45. The number of nitrogens with one attached hydrogen (secondary N) is 2. The maximum Gasteiger partial charge on any atom is 0.255 e. The van der Waals surface area contributed by atoms with E-state index < -0.39 is 5.82 Å². The van der Waals surface area contributed by atoms with Crippen molar-refractivity contribution in [3.05, 3.63) is 23.6 Å². The van der Waals surface area contributed by atoms with Gasteiger partial charge >= 0.3 is 0 Å². The van der Waals surface area contributed by atoms with Gasteiger partial charge in [0.05, 0.1) is 11.8 Å². The molecule has 0 atom stereocenters. The Bertz CT molecular complexity index is 486. The van der Waals surface area contributed by atoms with E-state index in [1.807, 2.05) is 6.92 Å². The van der Waals surface area contributed by atoms with Crippen molar-refractivity contribution in [3.63, 3.8) is 0 Å². The van der Waals surface area contributed by atoms with Crippen LogP contribution in [-0.2, 0) is 0 Å². The minimum absolute atomic E-state index is 0.0204. The first kappa shape index (κ1) is 17.4. The number of hydrogen-bond acceptors (Lipinski definition) is 3. The maximum absolute atomic E-state index is 13.4. The van der Waals surface area contributed by atoms with Gasteiger partial charge in [-0.3, -0.25) is 4.79 Å². The van der Waals surface area contributed by atoms with Gasteiger partial charge in [0.2, 0.25) is 0 Å². The summed E-state index contributed by atoms with van der Waals surface area (Å²) in [7, 11) is 0. The van der Waals surface area contributed by atoms with Crippen molar-refractivity contribution in [1.29, 1.82) is 0 Å². The Morgan fingerprint density at radius 2 is 2.10 bits per heavy atom. The van der Waals surface area contributed by atoms with Crippen LogP contribution in [0.2, 0.25) is 0 Å². The number of carbonyl (C=O) groups excluding carboxylic acids is 1. The largest absolute Gasteiger partial charge is 0.369 e. The van der Waals surface area contributed by atoms with Crippen LogP contribution in [0.15, 0.2) is 12.3 Å². The predicted molar refractivity (Wildman–Crippen MR) is 83.9 cm³/mol. The summed E-state index contributed by atoms with van der Waals surface area (Å²) in [6, 6.07) is 1.22. The second-order valence-corrected chi connectivity index (χ2v) is 6.30. The highest BCUT2D eigenvalue weighted by Crippen LogP contribution is 2.25. The summed E-state index contributed by atoms with van der Waals surface area (Å²) in [6.07, 6.45) is 2.02. The van der Waals surface area contributed by atoms with Crippen LogP contribution in [0, 0.1) is 17.2 Å². The average molecular weight is 295 g/mol. The monoisotopic (exact) mass is 295 g/mol. The summed E-state index contributed by atoms with van der Waals surface area (Å²) < 4.78 is 13.4. The van der Waals surface area contributed by atoms with Crippen molar-refractivity contribution in [3.8, 4) is 0 Å². The fraction of sp³-hybridized carbons (Fsp3) is 0.625. The molecule has 4 nitrogen and oxygen atoms in total. The molecule has 0 saturated carbocycles. The van der Waals surface area contributed by atoms with Crippen molar-refractivity contribution >= 4 is 11.7 Å². The highest BCUT2D eigenvalue weighted by atomic mass is 19.1. The van der Waals surface area contributed by atoms with Crippen molar-refractivity contribution in [1.82, 2.24) is 10.3 Å². The number of aromatic nitrogens is 1. The molecule has 0 unspecified atom stereocenters. The van der Waals surface area contributed by atoms with E-state index in [-0.39, 0.29) is 16.9 Å². The molecule has 1 heterocycles. The number of pyridine rings is 1. The highest BCUT2D eigenvalue weighted by molar-refractivity contribution is 5.98. The Labute approximate surface area is 126 Å². The number of amides is 1. The average Bonchev–Trinajstić information content (AvgIpc) is 2.43. The summed E-state index contributed by atoms with van der Waals surface area (Å²) in [5.41, 5.74) is 0.232. The molecule has 1 aromatic rings. The fourth-order valence-corrected chi connectivity index (χ4v) is 1.60. The molecule has 118 valence electrons. The molecule has 21 heavy (non-hydrogen) atoms. The number of hydrogen-bond donors (Lipinski definition) is 2. The lowest BCUT2D eigenvalue weighted by Crippen LogP contribution is -2.37. The molecule has 1 amide bonds. The van der Waals surface area contributed by atoms with Crippen LogP contribution in [0.4, 0.5) is 10.2 Å². The summed E-state index contributed by atoms with van der Waals surface area (Å²) in [4.78, 5) is 16.3. The second kappa shape index (κ2) is 7.38. The van der Waals surface area contributed by atoms with Crippen LogP contribution >= 0.6 is 0 Å². The molecule has 0 bridgehead atoms. The number of rotatable bonds is 7. The zero-order chi connectivity index (χ0) is 16.0. The molecule has 0 saturated heterocycles. The van der Waals surface area contributed by atoms with Gasteiger partial charge in [0.15, 0.2) is 0 Å². The number of anilines is 1. The normalized spacial score (nSPS) is 11.6. The van der Waals surface area contributed by atoms with Gasteiger partial charge in [-0.2, -0.15) is 0 Å². The van der Waals surface area contributed by atoms with Gasteiger partial charge in [-0.15, -0.1) is 0 Å². The van der Waals surface area contributed by atoms with Crippen LogP contribution in [-0.4, -0.2) is 24.0 Å². The molecule has 5 heteroatoms. The van der Waals surface area contributed by atoms with Crippen molar-refractivity contribution < 1.29 is 9.18 Å². The van der Waals surface area contributed by atoms with Gasteiger partial charge in [-0.05, 0) is 23.8 Å². The molecule has 2 N–H and O–H groups in total. The summed E-state index contributed by atoms with van der Waals surface area (Å²) in [6.45, 7) is 11.7. The van der Waals surface area contributed by atoms with E-state index in [1.165, 1.54) is 6.07 Å². The van der Waals surface area contributed by atoms with E-state index in [0.29, 0.717) is 24.8 Å². The van der Waals surface area contributed by atoms with Crippen molar-refractivity contribution in [2.45, 2.75) is 41.0 Å². The zero-order valence-electron chi connectivity index (χ0n) is 13.6. The van der Waals surface area contributed by atoms with E-state index >= 15 is 0 Å². The lowest BCUT2D eigenvalue weighted by atomic mass is 9.81. The zero-order valence-corrected chi connectivity index (χ0v) is 13.6. The highest BCUT2D eigenvalue weighted by Gasteiger charge is 2.24. The third-order valence-electron chi connectivity index (χ3n) is 3.91. The van der Waals surface area contributed by atoms with Gasteiger partial charge < -0.3 is 10.6 Å². The molecule has 0 aromatic carbocycles. The van der Waals surface area contributed by atoms with E-state index in [0.717, 1.165) is 12.6 Å². The topological polar surface area (TPSA) is 54.0 Å². The van der Waals surface area contributed by atoms with Gasteiger partial charge in [0, 0.05) is 13.1 Å². The molecule has 0 aliphatic rings. The first-order chi connectivity index (χ1) is 9.77. The van der Waals surface area contributed by atoms with Crippen LogP contribution in [0.5, 0.6) is 0 Å². The lowest BCUT2D eigenvalue weighted by Gasteiger charge is -2.29. The number of halogens is 1. The molecular formula is C16H26FN3O. The van der Waals surface area contributed by atoms with E-state index in [4.69, 9.17) is 0 Å². The second-order valence-electron chi connectivity index (χ2n) is 6.30. The van der Waals surface area contributed by atoms with E-state index in [9.17, 15) is 9.18 Å². The van der Waals surface area contributed by atoms with Crippen LogP contribution in [0.25, 0.3) is 0 Å². The Morgan fingerprint density at radius 3 is 2.67 bits per heavy atom. The molecule has 1 aromatic heterocycles. The lowest BCUT2D eigenvalue weighted by molar-refractivity contribution is 0.0925. The van der Waals surface area contributed by atoms with Crippen molar-refractivity contribution in [2.75, 3.05) is 18.4 Å². The van der Waals surface area contributed by atoms with Gasteiger partial charge in [-0.25, -0.2) is 9.37 Å². The third-order valence-corrected chi connectivity index (χ3v) is 3.91. The Hall–Kier alpha value is -1.65. The molecule has 1 rings (SSSR count). The molecule has 0 fully saturated rings. The Balaban J connectivity index is 2.83. The quantitative estimate of drug-likeness (QED) is 0.810. The molecule has 0 aliphatic carbocycles. The first-order valence-corrected chi connectivity index (χ1v) is 7.45. The number of carbonyl (C=O) groups is 1. The van der Waals surface area contributed by atoms with Gasteiger partial charge in [-0.1, -0.05) is 34.6 Å². The van der Waals surface area contributed by atoms with Crippen LogP contribution in [0.1, 0.15) is 51.4 Å². The predicted octanol–water partition coefficient (Wildman–Crippen LogP) is 3.45. The Morgan fingerprint density at radius 1 is 1.43 bits per heavy atom. The van der Waals surface area contributed by atoms with Gasteiger partial charge in [0.1, 0.15) is 11.6 Å². The number of nitrogens with zero attached hydrogens (tertiary/aromatic N) is 1. The van der Waals surface area contributed by atoms with E-state index in [2.05, 4.69) is 43.3 Å². The SMILES string of the molecule is CCCNc1ncc(F)cc1C(=O)NCC(C)(C)C(C)C. The fourth-order valence-electron chi connectivity index (χ4n) is 1.60. The maximum atomic E-state index is 13.4. The third kappa shape index (κ3) is 4.99. The minimum Gasteiger partial charge on any atom is -0.369 e. The smallest absolute Gasteiger partial charge is 0.255 e. The summed E-state index contributed by atoms with van der Waals surface area (Å²) in [5.74, 6) is 0.0545. The summed E-state index contributed by atoms with van der Waals surface area (Å²) in [5, 5.41) is 5.93. The van der Waals surface area contributed by atoms with Crippen LogP contribution in [0.3, 0.4) is 0 Å². The molecule has 0 radical (unpaired) electrons. The van der Waals surface area contributed by atoms with E-state index in [1.54, 1.807) is 0 Å². The molecular weight excluding hydrogens is 269 g/mol. The molecule has 0 aliphatic heterocycles. The summed E-state index contributed by atoms with van der Waals surface area (Å²) >= 11 is 0. The van der Waals surface area contributed by atoms with Crippen LogP contribution < -0.4 is 10.6 Å². The molecule has 0 spiro atoms. The minimum atomic E-state index is -0.509. The van der Waals surface area contributed by atoms with Crippen molar-refractivity contribution in [2.24, 2.45) is 11.3 Å².